The van der Waals surface area contributed by atoms with Crippen molar-refractivity contribution < 1.29 is 14.6 Å². The molecule has 0 saturated carbocycles. The lowest BCUT2D eigenvalue weighted by Crippen LogP contribution is -2.36. The van der Waals surface area contributed by atoms with E-state index in [1.807, 2.05) is 21.7 Å². The standard InChI is InChI=1S/C21H29N5O3/c1-29-19-9-5-7-16(20(19)27)13-24-10-6-8-17(14-24)26-15-18(22-23-26)21(28)25-11-3-2-4-12-25/h5,7,9,15,17,27H,2-4,6,8,10-14H2,1H3. The number of benzene rings is 1. The molecule has 0 aliphatic carbocycles. The van der Waals surface area contributed by atoms with Crippen LogP contribution >= 0.6 is 0 Å². The third-order valence-electron chi connectivity index (χ3n) is 5.92. The third-order valence-corrected chi connectivity index (χ3v) is 5.92. The molecule has 2 aliphatic heterocycles. The molecule has 4 rings (SSSR count). The summed E-state index contributed by atoms with van der Waals surface area (Å²) in [7, 11) is 1.56. The average molecular weight is 399 g/mol. The normalized spacial score (nSPS) is 20.6. The van der Waals surface area contributed by atoms with Gasteiger partial charge in [0.2, 0.25) is 0 Å². The zero-order valence-corrected chi connectivity index (χ0v) is 17.0. The second-order valence-corrected chi connectivity index (χ2v) is 7.94. The van der Waals surface area contributed by atoms with Crippen LogP contribution in [0.5, 0.6) is 11.5 Å². The molecule has 2 saturated heterocycles. The van der Waals surface area contributed by atoms with Crippen molar-refractivity contribution in [2.45, 2.75) is 44.7 Å². The van der Waals surface area contributed by atoms with Crippen LogP contribution in [0.2, 0.25) is 0 Å². The molecule has 156 valence electrons. The van der Waals surface area contributed by atoms with Crippen LogP contribution < -0.4 is 4.74 Å². The van der Waals surface area contributed by atoms with Crippen LogP contribution in [0, 0.1) is 0 Å². The highest BCUT2D eigenvalue weighted by molar-refractivity contribution is 5.91. The van der Waals surface area contributed by atoms with E-state index in [1.165, 1.54) is 6.42 Å². The molecular formula is C21H29N5O3. The Morgan fingerprint density at radius 2 is 2.03 bits per heavy atom. The Balaban J connectivity index is 1.41. The van der Waals surface area contributed by atoms with E-state index < -0.39 is 0 Å². The molecule has 1 aromatic carbocycles. The SMILES string of the molecule is COc1cccc(CN2CCCC(n3cc(C(=O)N4CCCCC4)nn3)C2)c1O. The number of phenolic OH excluding ortho intramolecular Hbond substituents is 1. The highest BCUT2D eigenvalue weighted by Crippen LogP contribution is 2.31. The van der Waals surface area contributed by atoms with Gasteiger partial charge in [0.25, 0.3) is 5.91 Å². The molecular weight excluding hydrogens is 370 g/mol. The van der Waals surface area contributed by atoms with Crippen molar-refractivity contribution >= 4 is 5.91 Å². The Kier molecular flexibility index (Phi) is 5.99. The second-order valence-electron chi connectivity index (χ2n) is 7.94. The summed E-state index contributed by atoms with van der Waals surface area (Å²) in [5.74, 6) is 0.686. The predicted octanol–water partition coefficient (Wildman–Crippen LogP) is 2.46. The van der Waals surface area contributed by atoms with Crippen LogP contribution in [0.1, 0.15) is 54.2 Å². The van der Waals surface area contributed by atoms with Crippen molar-refractivity contribution in [1.82, 2.24) is 24.8 Å². The molecule has 1 N–H and O–H groups in total. The van der Waals surface area contributed by atoms with Crippen LogP contribution in [0.4, 0.5) is 0 Å². The van der Waals surface area contributed by atoms with E-state index in [0.29, 0.717) is 18.0 Å². The Bertz CT molecular complexity index is 847. The van der Waals surface area contributed by atoms with Gasteiger partial charge in [0.15, 0.2) is 17.2 Å². The van der Waals surface area contributed by atoms with Gasteiger partial charge >= 0.3 is 0 Å². The third kappa shape index (κ3) is 4.37. The molecule has 8 nitrogen and oxygen atoms in total. The number of methoxy groups -OCH3 is 1. The number of ether oxygens (including phenoxy) is 1. The Morgan fingerprint density at radius 1 is 1.21 bits per heavy atom. The summed E-state index contributed by atoms with van der Waals surface area (Å²) in [5.41, 5.74) is 1.29. The van der Waals surface area contributed by atoms with E-state index in [2.05, 4.69) is 15.2 Å². The Labute approximate surface area is 171 Å². The molecule has 1 amide bonds. The van der Waals surface area contributed by atoms with Crippen molar-refractivity contribution in [3.8, 4) is 11.5 Å². The number of amides is 1. The molecule has 2 aromatic rings. The monoisotopic (exact) mass is 399 g/mol. The number of likely N-dealkylation sites (tertiary alicyclic amines) is 2. The highest BCUT2D eigenvalue weighted by atomic mass is 16.5. The molecule has 2 aliphatic rings. The van der Waals surface area contributed by atoms with Gasteiger partial charge in [0, 0.05) is 31.7 Å². The quantitative estimate of drug-likeness (QED) is 0.832. The van der Waals surface area contributed by atoms with Crippen LogP contribution in [0.3, 0.4) is 0 Å². The maximum absolute atomic E-state index is 12.7. The molecule has 1 unspecified atom stereocenters. The number of carbonyl (C=O) groups is 1. The lowest BCUT2D eigenvalue weighted by Gasteiger charge is -2.32. The summed E-state index contributed by atoms with van der Waals surface area (Å²) in [6, 6.07) is 5.75. The van der Waals surface area contributed by atoms with Crippen molar-refractivity contribution in [3.63, 3.8) is 0 Å². The van der Waals surface area contributed by atoms with Gasteiger partial charge in [-0.15, -0.1) is 5.10 Å². The topological polar surface area (TPSA) is 83.7 Å². The fourth-order valence-corrected chi connectivity index (χ4v) is 4.30. The number of carbonyl (C=O) groups excluding carboxylic acids is 1. The molecule has 3 heterocycles. The van der Waals surface area contributed by atoms with Gasteiger partial charge in [-0.25, -0.2) is 4.68 Å². The summed E-state index contributed by atoms with van der Waals surface area (Å²) >= 11 is 0. The van der Waals surface area contributed by atoms with E-state index in [0.717, 1.165) is 57.4 Å². The van der Waals surface area contributed by atoms with Gasteiger partial charge in [0.1, 0.15) is 0 Å². The largest absolute Gasteiger partial charge is 0.504 e. The first-order valence-corrected chi connectivity index (χ1v) is 10.4. The van der Waals surface area contributed by atoms with Crippen molar-refractivity contribution in [1.29, 1.82) is 0 Å². The molecule has 0 radical (unpaired) electrons. The summed E-state index contributed by atoms with van der Waals surface area (Å²) in [5, 5.41) is 18.8. The average Bonchev–Trinajstić information content (AvgIpc) is 3.26. The van der Waals surface area contributed by atoms with E-state index in [9.17, 15) is 9.90 Å². The number of rotatable bonds is 5. The maximum Gasteiger partial charge on any atom is 0.276 e. The number of phenols is 1. The first-order valence-electron chi connectivity index (χ1n) is 10.4. The van der Waals surface area contributed by atoms with Gasteiger partial charge in [-0.05, 0) is 44.7 Å². The number of para-hydroxylation sites is 1. The minimum absolute atomic E-state index is 0.00933. The number of hydrogen-bond acceptors (Lipinski definition) is 6. The molecule has 29 heavy (non-hydrogen) atoms. The van der Waals surface area contributed by atoms with E-state index in [1.54, 1.807) is 19.4 Å². The number of aromatic hydroxyl groups is 1. The molecule has 2 fully saturated rings. The first-order chi connectivity index (χ1) is 14.2. The van der Waals surface area contributed by atoms with E-state index in [4.69, 9.17) is 4.74 Å². The summed E-state index contributed by atoms with van der Waals surface area (Å²) in [6.45, 7) is 4.03. The number of aromatic nitrogens is 3. The Hall–Kier alpha value is -2.61. The van der Waals surface area contributed by atoms with Crippen molar-refractivity contribution in [3.05, 3.63) is 35.7 Å². The molecule has 8 heteroatoms. The lowest BCUT2D eigenvalue weighted by atomic mass is 10.0. The van der Waals surface area contributed by atoms with Crippen molar-refractivity contribution in [2.24, 2.45) is 0 Å². The minimum atomic E-state index is -0.00933. The minimum Gasteiger partial charge on any atom is -0.504 e. The predicted molar refractivity (Wildman–Crippen MR) is 108 cm³/mol. The summed E-state index contributed by atoms with van der Waals surface area (Å²) < 4.78 is 7.06. The van der Waals surface area contributed by atoms with E-state index >= 15 is 0 Å². The molecule has 1 aromatic heterocycles. The van der Waals surface area contributed by atoms with Gasteiger partial charge in [0.05, 0.1) is 19.3 Å². The zero-order valence-electron chi connectivity index (χ0n) is 17.0. The summed E-state index contributed by atoms with van der Waals surface area (Å²) in [4.78, 5) is 16.8. The number of hydrogen-bond donors (Lipinski definition) is 1. The van der Waals surface area contributed by atoms with Crippen LogP contribution in [-0.2, 0) is 6.54 Å². The van der Waals surface area contributed by atoms with Crippen LogP contribution in [0.15, 0.2) is 24.4 Å². The fourth-order valence-electron chi connectivity index (χ4n) is 4.30. The van der Waals surface area contributed by atoms with Crippen LogP contribution in [0.25, 0.3) is 0 Å². The smallest absolute Gasteiger partial charge is 0.276 e. The maximum atomic E-state index is 12.7. The highest BCUT2D eigenvalue weighted by Gasteiger charge is 2.26. The van der Waals surface area contributed by atoms with Gasteiger partial charge in [-0.1, -0.05) is 17.3 Å². The number of piperidine rings is 2. The van der Waals surface area contributed by atoms with Gasteiger partial charge < -0.3 is 14.7 Å². The molecule has 0 spiro atoms. The van der Waals surface area contributed by atoms with E-state index in [-0.39, 0.29) is 17.7 Å². The summed E-state index contributed by atoms with van der Waals surface area (Å²) in [6.07, 6.45) is 7.15. The zero-order chi connectivity index (χ0) is 20.2. The molecule has 1 atom stereocenters. The second kappa shape index (κ2) is 8.82. The van der Waals surface area contributed by atoms with Crippen LogP contribution in [-0.4, -0.2) is 69.1 Å². The number of nitrogens with zero attached hydrogens (tertiary/aromatic N) is 5. The van der Waals surface area contributed by atoms with Gasteiger partial charge in [-0.3, -0.25) is 9.69 Å². The fraction of sp³-hybridized carbons (Fsp3) is 0.571. The van der Waals surface area contributed by atoms with Crippen molar-refractivity contribution in [2.75, 3.05) is 33.3 Å². The lowest BCUT2D eigenvalue weighted by molar-refractivity contribution is 0.0718. The first kappa shape index (κ1) is 19.7. The Morgan fingerprint density at radius 3 is 2.83 bits per heavy atom. The molecule has 0 bridgehead atoms. The van der Waals surface area contributed by atoms with Gasteiger partial charge in [-0.2, -0.15) is 0 Å².